The number of anilines is 3. The lowest BCUT2D eigenvalue weighted by molar-refractivity contribution is -0.137. The highest BCUT2D eigenvalue weighted by Gasteiger charge is 2.36. The lowest BCUT2D eigenvalue weighted by atomic mass is 10.1. The van der Waals surface area contributed by atoms with Gasteiger partial charge < -0.3 is 24.8 Å². The van der Waals surface area contributed by atoms with E-state index in [2.05, 4.69) is 10.2 Å². The van der Waals surface area contributed by atoms with Crippen LogP contribution in [0.4, 0.5) is 17.1 Å². The van der Waals surface area contributed by atoms with E-state index < -0.39 is 5.92 Å². The minimum Gasteiger partial charge on any atom is -0.378 e. The van der Waals surface area contributed by atoms with Crippen LogP contribution in [0.2, 0.25) is 0 Å². The van der Waals surface area contributed by atoms with Crippen LogP contribution >= 0.6 is 0 Å². The van der Waals surface area contributed by atoms with Crippen molar-refractivity contribution in [2.75, 3.05) is 61.6 Å². The van der Waals surface area contributed by atoms with Gasteiger partial charge in [-0.05, 0) is 36.4 Å². The molecule has 0 radical (unpaired) electrons. The van der Waals surface area contributed by atoms with Crippen molar-refractivity contribution >= 4 is 34.8 Å². The van der Waals surface area contributed by atoms with Gasteiger partial charge in [-0.3, -0.25) is 14.4 Å². The maximum Gasteiger partial charge on any atom is 0.243 e. The summed E-state index contributed by atoms with van der Waals surface area (Å²) in [6.45, 7) is 3.40. The summed E-state index contributed by atoms with van der Waals surface area (Å²) >= 11 is 0. The van der Waals surface area contributed by atoms with Crippen molar-refractivity contribution in [2.24, 2.45) is 5.92 Å². The van der Waals surface area contributed by atoms with Gasteiger partial charge in [0, 0.05) is 50.2 Å². The molecule has 2 aromatic rings. The van der Waals surface area contributed by atoms with Crippen molar-refractivity contribution in [3.8, 4) is 0 Å². The molecule has 0 bridgehead atoms. The Morgan fingerprint density at radius 1 is 1.03 bits per heavy atom. The second-order valence-electron chi connectivity index (χ2n) is 8.13. The Morgan fingerprint density at radius 2 is 1.72 bits per heavy atom. The van der Waals surface area contributed by atoms with Crippen molar-refractivity contribution in [1.82, 2.24) is 4.90 Å². The molecule has 8 nitrogen and oxygen atoms in total. The second kappa shape index (κ2) is 9.82. The highest BCUT2D eigenvalue weighted by atomic mass is 16.5. The number of amides is 3. The number of benzene rings is 2. The molecule has 8 heteroatoms. The van der Waals surface area contributed by atoms with Crippen molar-refractivity contribution in [1.29, 1.82) is 0 Å². The Labute approximate surface area is 187 Å². The van der Waals surface area contributed by atoms with Crippen molar-refractivity contribution in [2.45, 2.75) is 6.42 Å². The molecular formula is C24H28N4O4. The van der Waals surface area contributed by atoms with E-state index in [1.165, 1.54) is 4.90 Å². The van der Waals surface area contributed by atoms with E-state index in [9.17, 15) is 14.4 Å². The molecule has 1 unspecified atom stereocenters. The number of hydrogen-bond acceptors (Lipinski definition) is 5. The third-order valence-corrected chi connectivity index (χ3v) is 5.83. The van der Waals surface area contributed by atoms with Gasteiger partial charge in [0.1, 0.15) is 0 Å². The molecule has 0 aliphatic carbocycles. The molecule has 2 aromatic carbocycles. The summed E-state index contributed by atoms with van der Waals surface area (Å²) in [6, 6.07) is 17.0. The third kappa shape index (κ3) is 5.08. The Bertz CT molecular complexity index is 958. The maximum atomic E-state index is 12.8. The number of para-hydroxylation sites is 1. The summed E-state index contributed by atoms with van der Waals surface area (Å²) in [4.78, 5) is 42.9. The second-order valence-corrected chi connectivity index (χ2v) is 8.13. The molecular weight excluding hydrogens is 408 g/mol. The van der Waals surface area contributed by atoms with Crippen LogP contribution in [0.5, 0.6) is 0 Å². The lowest BCUT2D eigenvalue weighted by Crippen LogP contribution is -2.39. The number of ether oxygens (including phenoxy) is 1. The summed E-state index contributed by atoms with van der Waals surface area (Å²) in [5.41, 5.74) is 2.56. The van der Waals surface area contributed by atoms with E-state index in [-0.39, 0.29) is 30.7 Å². The van der Waals surface area contributed by atoms with E-state index in [1.807, 2.05) is 54.6 Å². The zero-order valence-electron chi connectivity index (χ0n) is 18.2. The monoisotopic (exact) mass is 436 g/mol. The highest BCUT2D eigenvalue weighted by molar-refractivity contribution is 6.01. The molecule has 0 spiro atoms. The van der Waals surface area contributed by atoms with Crippen LogP contribution in [-0.2, 0) is 19.1 Å². The molecule has 2 aliphatic heterocycles. The number of morpholine rings is 1. The standard InChI is InChI=1S/C24H28N4O4/c1-26(24(31)18-15-23(30)28(16-18)21-5-3-2-4-6-21)17-22(29)25-19-7-9-20(10-8-19)27-11-13-32-14-12-27/h2-10,18H,11-17H2,1H3,(H,25,29). The fraction of sp³-hybridized carbons (Fsp3) is 0.375. The number of carbonyl (C=O) groups is 3. The van der Waals surface area contributed by atoms with Crippen LogP contribution < -0.4 is 15.1 Å². The molecule has 2 heterocycles. The number of likely N-dealkylation sites (N-methyl/N-ethyl adjacent to an activating group) is 1. The minimum absolute atomic E-state index is 0.0694. The molecule has 2 aliphatic rings. The fourth-order valence-corrected chi connectivity index (χ4v) is 4.11. The molecule has 0 aromatic heterocycles. The van der Waals surface area contributed by atoms with Gasteiger partial charge in [0.05, 0.1) is 25.7 Å². The summed E-state index contributed by atoms with van der Waals surface area (Å²) in [7, 11) is 1.60. The maximum absolute atomic E-state index is 12.8. The number of nitrogens with zero attached hydrogens (tertiary/aromatic N) is 3. The normalized spacial score (nSPS) is 18.5. The molecule has 0 saturated carbocycles. The molecule has 4 rings (SSSR count). The van der Waals surface area contributed by atoms with E-state index in [0.717, 1.165) is 24.5 Å². The van der Waals surface area contributed by atoms with Crippen LogP contribution in [0.1, 0.15) is 6.42 Å². The smallest absolute Gasteiger partial charge is 0.243 e. The third-order valence-electron chi connectivity index (χ3n) is 5.83. The molecule has 168 valence electrons. The summed E-state index contributed by atoms with van der Waals surface area (Å²) in [6.07, 6.45) is 0.155. The van der Waals surface area contributed by atoms with E-state index in [0.29, 0.717) is 25.4 Å². The van der Waals surface area contributed by atoms with E-state index in [1.54, 1.807) is 11.9 Å². The number of carbonyl (C=O) groups excluding carboxylic acids is 3. The average molecular weight is 437 g/mol. The van der Waals surface area contributed by atoms with Gasteiger partial charge >= 0.3 is 0 Å². The van der Waals surface area contributed by atoms with Crippen LogP contribution in [0, 0.1) is 5.92 Å². The van der Waals surface area contributed by atoms with Gasteiger partial charge in [-0.25, -0.2) is 0 Å². The van der Waals surface area contributed by atoms with Crippen molar-refractivity contribution in [3.05, 3.63) is 54.6 Å². The lowest BCUT2D eigenvalue weighted by Gasteiger charge is -2.29. The predicted molar refractivity (Wildman–Crippen MR) is 123 cm³/mol. The number of nitrogens with one attached hydrogen (secondary N) is 1. The summed E-state index contributed by atoms with van der Waals surface area (Å²) in [5.74, 6) is -1.00. The topological polar surface area (TPSA) is 82.2 Å². The molecule has 2 fully saturated rings. The van der Waals surface area contributed by atoms with Crippen LogP contribution in [-0.4, -0.2) is 69.1 Å². The molecule has 2 saturated heterocycles. The van der Waals surface area contributed by atoms with Gasteiger partial charge in [-0.2, -0.15) is 0 Å². The summed E-state index contributed by atoms with van der Waals surface area (Å²) in [5, 5.41) is 2.84. The zero-order chi connectivity index (χ0) is 22.5. The van der Waals surface area contributed by atoms with E-state index in [4.69, 9.17) is 4.74 Å². The zero-order valence-corrected chi connectivity index (χ0v) is 18.2. The van der Waals surface area contributed by atoms with Gasteiger partial charge in [0.25, 0.3) is 0 Å². The van der Waals surface area contributed by atoms with Crippen molar-refractivity contribution in [3.63, 3.8) is 0 Å². The van der Waals surface area contributed by atoms with Crippen LogP contribution in [0.15, 0.2) is 54.6 Å². The first-order valence-electron chi connectivity index (χ1n) is 10.8. The minimum atomic E-state index is -0.451. The Balaban J connectivity index is 1.28. The van der Waals surface area contributed by atoms with Gasteiger partial charge in [0.2, 0.25) is 17.7 Å². The quantitative estimate of drug-likeness (QED) is 0.749. The Hall–Kier alpha value is -3.39. The molecule has 1 N–H and O–H groups in total. The molecule has 1 atom stereocenters. The number of hydrogen-bond donors (Lipinski definition) is 1. The fourth-order valence-electron chi connectivity index (χ4n) is 4.11. The van der Waals surface area contributed by atoms with Crippen LogP contribution in [0.3, 0.4) is 0 Å². The van der Waals surface area contributed by atoms with Crippen LogP contribution in [0.25, 0.3) is 0 Å². The average Bonchev–Trinajstić information content (AvgIpc) is 3.21. The predicted octanol–water partition coefficient (Wildman–Crippen LogP) is 1.97. The first-order valence-corrected chi connectivity index (χ1v) is 10.8. The SMILES string of the molecule is CN(CC(=O)Nc1ccc(N2CCOCC2)cc1)C(=O)C1CC(=O)N(c2ccccc2)C1. The Kier molecular flexibility index (Phi) is 6.70. The van der Waals surface area contributed by atoms with Gasteiger partial charge in [-0.15, -0.1) is 0 Å². The van der Waals surface area contributed by atoms with E-state index >= 15 is 0 Å². The largest absolute Gasteiger partial charge is 0.378 e. The first-order chi connectivity index (χ1) is 15.5. The Morgan fingerprint density at radius 3 is 2.41 bits per heavy atom. The first kappa shape index (κ1) is 21.8. The highest BCUT2D eigenvalue weighted by Crippen LogP contribution is 2.26. The van der Waals surface area contributed by atoms with Gasteiger partial charge in [0.15, 0.2) is 0 Å². The number of rotatable bonds is 6. The molecule has 3 amide bonds. The van der Waals surface area contributed by atoms with Crippen molar-refractivity contribution < 1.29 is 19.1 Å². The molecule has 32 heavy (non-hydrogen) atoms. The summed E-state index contributed by atoms with van der Waals surface area (Å²) < 4.78 is 5.37. The van der Waals surface area contributed by atoms with Gasteiger partial charge in [-0.1, -0.05) is 18.2 Å².